The zero-order valence-corrected chi connectivity index (χ0v) is 13.0. The highest BCUT2D eigenvalue weighted by Gasteiger charge is 2.26. The molecule has 100 valence electrons. The summed E-state index contributed by atoms with van der Waals surface area (Å²) in [6.45, 7) is 2.11. The Morgan fingerprint density at radius 2 is 2.16 bits per heavy atom. The molecule has 0 saturated carbocycles. The lowest BCUT2D eigenvalue weighted by Gasteiger charge is -2.24. The lowest BCUT2D eigenvalue weighted by atomic mass is 10.0. The molecule has 5 heteroatoms. The average molecular weight is 338 g/mol. The van der Waals surface area contributed by atoms with Crippen molar-refractivity contribution in [2.75, 3.05) is 12.3 Å². The van der Waals surface area contributed by atoms with Gasteiger partial charge in [-0.15, -0.1) is 11.3 Å². The first-order chi connectivity index (χ1) is 9.22. The van der Waals surface area contributed by atoms with Crippen molar-refractivity contribution in [3.63, 3.8) is 0 Å². The summed E-state index contributed by atoms with van der Waals surface area (Å²) in [6.07, 6.45) is 4.39. The van der Waals surface area contributed by atoms with Gasteiger partial charge < -0.3 is 5.73 Å². The number of hydrogen-bond acceptors (Lipinski definition) is 4. The maximum absolute atomic E-state index is 5.70. The quantitative estimate of drug-likeness (QED) is 0.925. The maximum atomic E-state index is 5.70. The number of rotatable bonds is 3. The number of benzene rings is 1. The van der Waals surface area contributed by atoms with Crippen LogP contribution in [-0.2, 0) is 6.54 Å². The molecule has 1 aliphatic heterocycles. The minimum Gasteiger partial charge on any atom is -0.375 e. The molecule has 3 nitrogen and oxygen atoms in total. The van der Waals surface area contributed by atoms with Gasteiger partial charge >= 0.3 is 0 Å². The van der Waals surface area contributed by atoms with Crippen molar-refractivity contribution in [1.29, 1.82) is 0 Å². The molecule has 1 fully saturated rings. The molecular weight excluding hydrogens is 322 g/mol. The van der Waals surface area contributed by atoms with Gasteiger partial charge in [0, 0.05) is 28.1 Å². The van der Waals surface area contributed by atoms with Gasteiger partial charge in [-0.3, -0.25) is 4.90 Å². The number of nitrogen functional groups attached to an aromatic ring is 1. The van der Waals surface area contributed by atoms with E-state index >= 15 is 0 Å². The van der Waals surface area contributed by atoms with Gasteiger partial charge in [0.05, 0.1) is 0 Å². The number of hydrogen-bond donors (Lipinski definition) is 1. The smallest absolute Gasteiger partial charge is 0.180 e. The predicted molar refractivity (Wildman–Crippen MR) is 83.1 cm³/mol. The zero-order valence-electron chi connectivity index (χ0n) is 10.6. The Bertz CT molecular complexity index is 552. The Morgan fingerprint density at radius 1 is 1.37 bits per heavy atom. The van der Waals surface area contributed by atoms with E-state index in [2.05, 4.69) is 50.1 Å². The Kier molecular flexibility index (Phi) is 3.86. The van der Waals surface area contributed by atoms with Crippen LogP contribution in [0.1, 0.15) is 29.3 Å². The fourth-order valence-corrected chi connectivity index (χ4v) is 3.65. The van der Waals surface area contributed by atoms with Crippen LogP contribution in [0.5, 0.6) is 0 Å². The highest BCUT2D eigenvalue weighted by molar-refractivity contribution is 9.10. The molecule has 0 amide bonds. The molecule has 1 atom stereocenters. The lowest BCUT2D eigenvalue weighted by molar-refractivity contribution is 0.250. The van der Waals surface area contributed by atoms with Gasteiger partial charge in [0.2, 0.25) is 0 Å². The van der Waals surface area contributed by atoms with E-state index in [1.54, 1.807) is 11.3 Å². The summed E-state index contributed by atoms with van der Waals surface area (Å²) in [7, 11) is 0. The third kappa shape index (κ3) is 2.99. The lowest BCUT2D eigenvalue weighted by Crippen LogP contribution is -2.22. The molecule has 19 heavy (non-hydrogen) atoms. The molecule has 2 heterocycles. The Labute approximate surface area is 125 Å². The molecule has 1 aromatic carbocycles. The van der Waals surface area contributed by atoms with Crippen LogP contribution in [-0.4, -0.2) is 16.4 Å². The van der Waals surface area contributed by atoms with Crippen LogP contribution in [0.3, 0.4) is 0 Å². The number of likely N-dealkylation sites (tertiary alicyclic amines) is 1. The van der Waals surface area contributed by atoms with Crippen molar-refractivity contribution in [2.24, 2.45) is 0 Å². The van der Waals surface area contributed by atoms with Gasteiger partial charge in [-0.25, -0.2) is 4.98 Å². The van der Waals surface area contributed by atoms with Crippen molar-refractivity contribution in [3.05, 3.63) is 45.4 Å². The molecule has 1 aliphatic rings. The number of nitrogens with two attached hydrogens (primary N) is 1. The van der Waals surface area contributed by atoms with E-state index in [1.807, 2.05) is 6.20 Å². The second-order valence-electron chi connectivity index (χ2n) is 4.84. The summed E-state index contributed by atoms with van der Waals surface area (Å²) in [4.78, 5) is 7.91. The number of thiazole rings is 1. The normalized spacial score (nSPS) is 19.9. The molecule has 0 bridgehead atoms. The van der Waals surface area contributed by atoms with Crippen molar-refractivity contribution < 1.29 is 0 Å². The molecule has 1 unspecified atom stereocenters. The molecule has 0 radical (unpaired) electrons. The van der Waals surface area contributed by atoms with E-state index in [9.17, 15) is 0 Å². The Morgan fingerprint density at radius 3 is 2.84 bits per heavy atom. The minimum atomic E-state index is 0.524. The van der Waals surface area contributed by atoms with Gasteiger partial charge in [0.15, 0.2) is 5.13 Å². The van der Waals surface area contributed by atoms with Crippen LogP contribution in [0.4, 0.5) is 5.13 Å². The first-order valence-corrected chi connectivity index (χ1v) is 8.03. The van der Waals surface area contributed by atoms with E-state index in [0.717, 1.165) is 17.6 Å². The fourth-order valence-electron chi connectivity index (χ4n) is 2.67. The Balaban J connectivity index is 1.76. The largest absolute Gasteiger partial charge is 0.375 e. The summed E-state index contributed by atoms with van der Waals surface area (Å²) in [6, 6.07) is 9.20. The van der Waals surface area contributed by atoms with E-state index in [4.69, 9.17) is 5.73 Å². The van der Waals surface area contributed by atoms with Crippen LogP contribution in [0.25, 0.3) is 0 Å². The molecule has 2 N–H and O–H groups in total. The summed E-state index contributed by atoms with van der Waals surface area (Å²) in [5.74, 6) is 0. The fraction of sp³-hybridized carbons (Fsp3) is 0.357. The standard InChI is InChI=1S/C14H16BrN3S/c15-11-5-3-10(4-6-11)13-2-1-7-18(13)9-12-8-17-14(16)19-12/h3-6,8,13H,1-2,7,9H2,(H2,16,17). The van der Waals surface area contributed by atoms with Gasteiger partial charge in [-0.2, -0.15) is 0 Å². The molecule has 0 spiro atoms. The maximum Gasteiger partial charge on any atom is 0.180 e. The topological polar surface area (TPSA) is 42.1 Å². The summed E-state index contributed by atoms with van der Waals surface area (Å²) in [5, 5.41) is 0.661. The van der Waals surface area contributed by atoms with Crippen LogP contribution in [0, 0.1) is 0 Å². The third-order valence-electron chi connectivity index (χ3n) is 3.55. The molecule has 0 aliphatic carbocycles. The third-order valence-corrected chi connectivity index (χ3v) is 4.89. The van der Waals surface area contributed by atoms with Crippen molar-refractivity contribution in [3.8, 4) is 0 Å². The first kappa shape index (κ1) is 13.1. The van der Waals surface area contributed by atoms with Gasteiger partial charge in [0.25, 0.3) is 0 Å². The summed E-state index contributed by atoms with van der Waals surface area (Å²) < 4.78 is 1.14. The molecule has 1 saturated heterocycles. The summed E-state index contributed by atoms with van der Waals surface area (Å²) in [5.41, 5.74) is 7.10. The molecule has 3 rings (SSSR count). The SMILES string of the molecule is Nc1ncc(CN2CCCC2c2ccc(Br)cc2)s1. The van der Waals surface area contributed by atoms with Crippen molar-refractivity contribution in [1.82, 2.24) is 9.88 Å². The molecule has 2 aromatic rings. The second-order valence-corrected chi connectivity index (χ2v) is 6.91. The molecule has 1 aromatic heterocycles. The Hall–Kier alpha value is -0.910. The van der Waals surface area contributed by atoms with E-state index < -0.39 is 0 Å². The van der Waals surface area contributed by atoms with Crippen LogP contribution in [0.15, 0.2) is 34.9 Å². The molecular formula is C14H16BrN3S. The zero-order chi connectivity index (χ0) is 13.2. The van der Waals surface area contributed by atoms with Crippen LogP contribution in [0.2, 0.25) is 0 Å². The first-order valence-electron chi connectivity index (χ1n) is 6.42. The highest BCUT2D eigenvalue weighted by atomic mass is 79.9. The minimum absolute atomic E-state index is 0.524. The van der Waals surface area contributed by atoms with Crippen molar-refractivity contribution in [2.45, 2.75) is 25.4 Å². The van der Waals surface area contributed by atoms with Gasteiger partial charge in [-0.1, -0.05) is 28.1 Å². The number of halogens is 1. The number of anilines is 1. The van der Waals surface area contributed by atoms with E-state index in [1.165, 1.54) is 23.3 Å². The van der Waals surface area contributed by atoms with Gasteiger partial charge in [-0.05, 0) is 37.1 Å². The average Bonchev–Trinajstić information content (AvgIpc) is 3.00. The van der Waals surface area contributed by atoms with E-state index in [0.29, 0.717) is 11.2 Å². The van der Waals surface area contributed by atoms with Gasteiger partial charge in [0.1, 0.15) is 0 Å². The predicted octanol–water partition coefficient (Wildman–Crippen LogP) is 3.82. The monoisotopic (exact) mass is 337 g/mol. The van der Waals surface area contributed by atoms with Crippen LogP contribution < -0.4 is 5.73 Å². The number of aromatic nitrogens is 1. The van der Waals surface area contributed by atoms with Crippen molar-refractivity contribution >= 4 is 32.4 Å². The highest BCUT2D eigenvalue weighted by Crippen LogP contribution is 2.34. The van der Waals surface area contributed by atoms with E-state index in [-0.39, 0.29) is 0 Å². The van der Waals surface area contributed by atoms with Crippen LogP contribution >= 0.6 is 27.3 Å². The summed E-state index contributed by atoms with van der Waals surface area (Å²) >= 11 is 5.08. The number of nitrogens with zero attached hydrogens (tertiary/aromatic N) is 2. The second kappa shape index (κ2) is 5.61.